The number of aromatic hydroxyl groups is 1. The van der Waals surface area contributed by atoms with Crippen LogP contribution in [0.25, 0.3) is 10.1 Å². The van der Waals surface area contributed by atoms with Crippen LogP contribution in [-0.2, 0) is 0 Å². The van der Waals surface area contributed by atoms with E-state index in [2.05, 4.69) is 0 Å². The van der Waals surface area contributed by atoms with Crippen LogP contribution in [0.5, 0.6) is 5.75 Å². The van der Waals surface area contributed by atoms with E-state index in [1.807, 2.05) is 0 Å². The predicted molar refractivity (Wildman–Crippen MR) is 53.3 cm³/mol. The smallest absolute Gasteiger partial charge is 0.151 e. The minimum absolute atomic E-state index is 0.0894. The molecule has 0 aliphatic rings. The maximum absolute atomic E-state index is 10.6. The van der Waals surface area contributed by atoms with Gasteiger partial charge in [0.2, 0.25) is 0 Å². The van der Waals surface area contributed by atoms with Crippen molar-refractivity contribution in [3.05, 3.63) is 23.1 Å². The standard InChI is InChI=1S/C9H7NO2S/c10-8-2-6(12)1-7-5(3-11)4-13-9(7)8/h1-4,12H,10H2. The highest BCUT2D eigenvalue weighted by Gasteiger charge is 2.07. The van der Waals surface area contributed by atoms with Crippen LogP contribution >= 0.6 is 11.3 Å². The molecule has 1 aromatic heterocycles. The van der Waals surface area contributed by atoms with Gasteiger partial charge in [-0.2, -0.15) is 0 Å². The van der Waals surface area contributed by atoms with Crippen molar-refractivity contribution in [1.29, 1.82) is 0 Å². The van der Waals surface area contributed by atoms with Crippen molar-refractivity contribution in [1.82, 2.24) is 0 Å². The Kier molecular flexibility index (Phi) is 1.70. The van der Waals surface area contributed by atoms with Crippen molar-refractivity contribution in [3.63, 3.8) is 0 Å². The molecule has 0 bridgehead atoms. The molecular weight excluding hydrogens is 186 g/mol. The summed E-state index contributed by atoms with van der Waals surface area (Å²) in [6.45, 7) is 0. The van der Waals surface area contributed by atoms with Crippen LogP contribution in [0, 0.1) is 0 Å². The first kappa shape index (κ1) is 8.07. The molecule has 0 spiro atoms. The third-order valence-corrected chi connectivity index (χ3v) is 2.91. The lowest BCUT2D eigenvalue weighted by Gasteiger charge is -1.97. The van der Waals surface area contributed by atoms with Gasteiger partial charge in [-0.3, -0.25) is 4.79 Å². The number of phenolic OH excluding ortho intramolecular Hbond substituents is 1. The van der Waals surface area contributed by atoms with Gasteiger partial charge in [-0.25, -0.2) is 0 Å². The van der Waals surface area contributed by atoms with E-state index in [-0.39, 0.29) is 5.75 Å². The summed E-state index contributed by atoms with van der Waals surface area (Å²) in [5, 5.41) is 11.7. The van der Waals surface area contributed by atoms with Crippen LogP contribution in [0.15, 0.2) is 17.5 Å². The molecule has 66 valence electrons. The number of thiophene rings is 1. The Morgan fingerprint density at radius 3 is 2.92 bits per heavy atom. The Labute approximate surface area is 78.4 Å². The molecular formula is C9H7NO2S. The molecule has 0 saturated carbocycles. The van der Waals surface area contributed by atoms with Crippen LogP contribution < -0.4 is 5.73 Å². The van der Waals surface area contributed by atoms with Gasteiger partial charge >= 0.3 is 0 Å². The van der Waals surface area contributed by atoms with Gasteiger partial charge in [0.25, 0.3) is 0 Å². The number of rotatable bonds is 1. The van der Waals surface area contributed by atoms with Crippen molar-refractivity contribution in [2.75, 3.05) is 5.73 Å². The molecule has 1 aromatic carbocycles. The van der Waals surface area contributed by atoms with E-state index in [1.165, 1.54) is 17.4 Å². The molecule has 3 nitrogen and oxygen atoms in total. The summed E-state index contributed by atoms with van der Waals surface area (Å²) in [5.74, 6) is 0.0894. The second-order valence-corrected chi connectivity index (χ2v) is 3.60. The predicted octanol–water partition coefficient (Wildman–Crippen LogP) is 2.00. The van der Waals surface area contributed by atoms with Crippen molar-refractivity contribution < 1.29 is 9.90 Å². The zero-order valence-corrected chi connectivity index (χ0v) is 7.47. The average molecular weight is 193 g/mol. The molecule has 2 aromatic rings. The summed E-state index contributed by atoms with van der Waals surface area (Å²) in [6.07, 6.45) is 0.762. The molecule has 0 aliphatic carbocycles. The fourth-order valence-corrected chi connectivity index (χ4v) is 2.18. The molecule has 0 unspecified atom stereocenters. The van der Waals surface area contributed by atoms with Gasteiger partial charge in [-0.1, -0.05) is 0 Å². The summed E-state index contributed by atoms with van der Waals surface area (Å²) in [5.41, 5.74) is 6.74. The molecule has 0 radical (unpaired) electrons. The number of aldehydes is 1. The van der Waals surface area contributed by atoms with Crippen molar-refractivity contribution >= 4 is 33.4 Å². The zero-order valence-electron chi connectivity index (χ0n) is 6.65. The maximum atomic E-state index is 10.6. The number of fused-ring (bicyclic) bond motifs is 1. The molecule has 0 amide bonds. The number of hydrogen-bond acceptors (Lipinski definition) is 4. The molecule has 1 heterocycles. The minimum Gasteiger partial charge on any atom is -0.508 e. The monoisotopic (exact) mass is 193 g/mol. The summed E-state index contributed by atoms with van der Waals surface area (Å²) in [4.78, 5) is 10.6. The molecule has 4 heteroatoms. The molecule has 2 rings (SSSR count). The van der Waals surface area contributed by atoms with E-state index >= 15 is 0 Å². The van der Waals surface area contributed by atoms with Crippen molar-refractivity contribution in [2.45, 2.75) is 0 Å². The Balaban J connectivity index is 2.89. The third kappa shape index (κ3) is 1.15. The van der Waals surface area contributed by atoms with Gasteiger partial charge in [-0.05, 0) is 6.07 Å². The third-order valence-electron chi connectivity index (χ3n) is 1.84. The molecule has 0 saturated heterocycles. The van der Waals surface area contributed by atoms with Gasteiger partial charge in [-0.15, -0.1) is 11.3 Å². The van der Waals surface area contributed by atoms with E-state index in [9.17, 15) is 9.90 Å². The topological polar surface area (TPSA) is 63.3 Å². The van der Waals surface area contributed by atoms with Gasteiger partial charge < -0.3 is 10.8 Å². The SMILES string of the molecule is Nc1cc(O)cc2c(C=O)csc12. The van der Waals surface area contributed by atoms with Gasteiger partial charge in [0.05, 0.1) is 10.4 Å². The second kappa shape index (κ2) is 2.74. The average Bonchev–Trinajstić information content (AvgIpc) is 2.47. The van der Waals surface area contributed by atoms with Crippen molar-refractivity contribution in [2.24, 2.45) is 0 Å². The number of nitrogens with two attached hydrogens (primary N) is 1. The lowest BCUT2D eigenvalue weighted by Crippen LogP contribution is -1.84. The lowest BCUT2D eigenvalue weighted by atomic mass is 10.1. The van der Waals surface area contributed by atoms with Crippen molar-refractivity contribution in [3.8, 4) is 5.75 Å². The molecule has 13 heavy (non-hydrogen) atoms. The summed E-state index contributed by atoms with van der Waals surface area (Å²) >= 11 is 1.41. The number of anilines is 1. The Morgan fingerprint density at radius 2 is 2.23 bits per heavy atom. The number of phenols is 1. The number of hydrogen-bond donors (Lipinski definition) is 2. The quantitative estimate of drug-likeness (QED) is 0.537. The van der Waals surface area contributed by atoms with E-state index in [0.717, 1.165) is 16.4 Å². The first-order valence-corrected chi connectivity index (χ1v) is 4.55. The van der Waals surface area contributed by atoms with Gasteiger partial charge in [0.1, 0.15) is 5.75 Å². The fourth-order valence-electron chi connectivity index (χ4n) is 1.26. The number of carbonyl (C=O) groups excluding carboxylic acids is 1. The van der Waals surface area contributed by atoms with E-state index in [1.54, 1.807) is 11.4 Å². The highest BCUT2D eigenvalue weighted by atomic mass is 32.1. The molecule has 3 N–H and O–H groups in total. The Morgan fingerprint density at radius 1 is 1.46 bits per heavy atom. The summed E-state index contributed by atoms with van der Waals surface area (Å²) < 4.78 is 0.847. The highest BCUT2D eigenvalue weighted by molar-refractivity contribution is 7.18. The van der Waals surface area contributed by atoms with E-state index in [0.29, 0.717) is 11.3 Å². The fraction of sp³-hybridized carbons (Fsp3) is 0. The first-order valence-electron chi connectivity index (χ1n) is 3.67. The Hall–Kier alpha value is -1.55. The molecule has 0 fully saturated rings. The van der Waals surface area contributed by atoms with Gasteiger partial charge in [0.15, 0.2) is 6.29 Å². The molecule has 0 atom stereocenters. The Bertz CT molecular complexity index is 476. The largest absolute Gasteiger partial charge is 0.508 e. The summed E-state index contributed by atoms with van der Waals surface area (Å²) in [6, 6.07) is 3.03. The zero-order chi connectivity index (χ0) is 9.42. The normalized spacial score (nSPS) is 10.5. The van der Waals surface area contributed by atoms with Crippen LogP contribution in [-0.4, -0.2) is 11.4 Å². The number of nitrogen functional groups attached to an aromatic ring is 1. The lowest BCUT2D eigenvalue weighted by molar-refractivity contribution is 0.112. The van der Waals surface area contributed by atoms with Crippen LogP contribution in [0.1, 0.15) is 10.4 Å². The van der Waals surface area contributed by atoms with E-state index in [4.69, 9.17) is 5.73 Å². The van der Waals surface area contributed by atoms with Crippen LogP contribution in [0.4, 0.5) is 5.69 Å². The van der Waals surface area contributed by atoms with Crippen LogP contribution in [0.3, 0.4) is 0 Å². The van der Waals surface area contributed by atoms with Gasteiger partial charge in [0, 0.05) is 22.4 Å². The maximum Gasteiger partial charge on any atom is 0.151 e. The minimum atomic E-state index is 0.0894. The molecule has 0 aliphatic heterocycles. The first-order chi connectivity index (χ1) is 6.22. The summed E-state index contributed by atoms with van der Waals surface area (Å²) in [7, 11) is 0. The van der Waals surface area contributed by atoms with Crippen LogP contribution in [0.2, 0.25) is 0 Å². The highest BCUT2D eigenvalue weighted by Crippen LogP contribution is 2.33. The number of benzene rings is 1. The second-order valence-electron chi connectivity index (χ2n) is 2.72. The number of carbonyl (C=O) groups is 1. The van der Waals surface area contributed by atoms with E-state index < -0.39 is 0 Å².